The topological polar surface area (TPSA) is 87.5 Å². The molecule has 8 nitrogen and oxygen atoms in total. The predicted molar refractivity (Wildman–Crippen MR) is 110 cm³/mol. The molecular formula is C21H27N7O. The van der Waals surface area contributed by atoms with E-state index >= 15 is 0 Å². The van der Waals surface area contributed by atoms with Crippen LogP contribution < -0.4 is 10.6 Å². The number of rotatable bonds is 5. The lowest BCUT2D eigenvalue weighted by Crippen LogP contribution is -2.59. The highest BCUT2D eigenvalue weighted by molar-refractivity contribution is 5.83. The number of nitrogens with zero attached hydrogens (tertiary/aromatic N) is 5. The maximum absolute atomic E-state index is 13.2. The molecule has 3 aromatic rings. The van der Waals surface area contributed by atoms with E-state index in [0.717, 1.165) is 35.7 Å². The van der Waals surface area contributed by atoms with Crippen LogP contribution in [0.15, 0.2) is 43.1 Å². The van der Waals surface area contributed by atoms with Crippen molar-refractivity contribution in [2.45, 2.75) is 38.9 Å². The number of carbonyl (C=O) groups is 1. The van der Waals surface area contributed by atoms with Crippen molar-refractivity contribution in [1.29, 1.82) is 0 Å². The summed E-state index contributed by atoms with van der Waals surface area (Å²) in [6.45, 7) is 8.86. The minimum Gasteiger partial charge on any atom is -0.343 e. The molecule has 0 spiro atoms. The first-order valence-corrected chi connectivity index (χ1v) is 9.90. The molecule has 8 heteroatoms. The number of aryl methyl sites for hydroxylation is 1. The lowest BCUT2D eigenvalue weighted by molar-refractivity contribution is -0.129. The highest BCUT2D eigenvalue weighted by Gasteiger charge is 2.34. The van der Waals surface area contributed by atoms with Gasteiger partial charge < -0.3 is 15.0 Å². The van der Waals surface area contributed by atoms with Gasteiger partial charge >= 0.3 is 0 Å². The normalized spacial score (nSPS) is 18.1. The Hall–Kier alpha value is -2.84. The summed E-state index contributed by atoms with van der Waals surface area (Å²) in [6, 6.07) is 3.78. The third-order valence-corrected chi connectivity index (χ3v) is 5.42. The molecular weight excluding hydrogens is 366 g/mol. The van der Waals surface area contributed by atoms with E-state index in [1.807, 2.05) is 36.7 Å². The summed E-state index contributed by atoms with van der Waals surface area (Å²) in [7, 11) is 0. The zero-order valence-electron chi connectivity index (χ0n) is 17.1. The SMILES string of the molecule is Cc1cccn2c(C(C)(C)NC(=O)[C@H]3CNCCN3Cc3cnccn3)ncc12. The minimum atomic E-state index is -0.618. The zero-order valence-corrected chi connectivity index (χ0v) is 17.1. The van der Waals surface area contributed by atoms with Crippen molar-refractivity contribution in [3.8, 4) is 0 Å². The van der Waals surface area contributed by atoms with Crippen molar-refractivity contribution >= 4 is 11.4 Å². The number of amides is 1. The van der Waals surface area contributed by atoms with Crippen LogP contribution in [0.25, 0.3) is 5.52 Å². The van der Waals surface area contributed by atoms with Gasteiger partial charge in [0, 0.05) is 51.0 Å². The van der Waals surface area contributed by atoms with Gasteiger partial charge in [-0.3, -0.25) is 19.7 Å². The zero-order chi connectivity index (χ0) is 20.4. The van der Waals surface area contributed by atoms with Crippen molar-refractivity contribution in [3.05, 3.63) is 60.2 Å². The molecule has 0 bridgehead atoms. The largest absolute Gasteiger partial charge is 0.343 e. The van der Waals surface area contributed by atoms with Crippen LogP contribution in [0.1, 0.15) is 30.9 Å². The smallest absolute Gasteiger partial charge is 0.239 e. The average molecular weight is 393 g/mol. The Balaban J connectivity index is 1.53. The van der Waals surface area contributed by atoms with Crippen LogP contribution in [0.4, 0.5) is 0 Å². The first-order chi connectivity index (χ1) is 14.0. The Morgan fingerprint density at radius 1 is 1.31 bits per heavy atom. The fourth-order valence-electron chi connectivity index (χ4n) is 3.89. The molecule has 2 N–H and O–H groups in total. The van der Waals surface area contributed by atoms with Crippen LogP contribution in [0.5, 0.6) is 0 Å². The highest BCUT2D eigenvalue weighted by Crippen LogP contribution is 2.22. The fraction of sp³-hybridized carbons (Fsp3) is 0.429. The minimum absolute atomic E-state index is 0.0181. The molecule has 0 aromatic carbocycles. The molecule has 0 aliphatic carbocycles. The van der Waals surface area contributed by atoms with Crippen LogP contribution in [0.2, 0.25) is 0 Å². The number of imidazole rings is 1. The Bertz CT molecular complexity index is 999. The second kappa shape index (κ2) is 7.88. The van der Waals surface area contributed by atoms with E-state index in [0.29, 0.717) is 13.1 Å². The fourth-order valence-corrected chi connectivity index (χ4v) is 3.89. The molecule has 29 heavy (non-hydrogen) atoms. The number of hydrogen-bond donors (Lipinski definition) is 2. The number of fused-ring (bicyclic) bond motifs is 1. The third kappa shape index (κ3) is 3.99. The molecule has 1 atom stereocenters. The summed E-state index contributed by atoms with van der Waals surface area (Å²) in [5.41, 5.74) is 2.45. The monoisotopic (exact) mass is 393 g/mol. The first kappa shape index (κ1) is 19.5. The average Bonchev–Trinajstić information content (AvgIpc) is 3.15. The van der Waals surface area contributed by atoms with Gasteiger partial charge in [0.2, 0.25) is 5.91 Å². The van der Waals surface area contributed by atoms with Crippen molar-refractivity contribution in [2.75, 3.05) is 19.6 Å². The van der Waals surface area contributed by atoms with E-state index in [1.54, 1.807) is 18.6 Å². The predicted octanol–water partition coefficient (Wildman–Crippen LogP) is 1.26. The summed E-state index contributed by atoms with van der Waals surface area (Å²) < 4.78 is 2.05. The second-order valence-electron chi connectivity index (χ2n) is 8.03. The van der Waals surface area contributed by atoms with Crippen LogP contribution in [0.3, 0.4) is 0 Å². The lowest BCUT2D eigenvalue weighted by Gasteiger charge is -2.37. The number of aromatic nitrogens is 4. The Kier molecular flexibility index (Phi) is 5.29. The molecule has 4 heterocycles. The van der Waals surface area contributed by atoms with Crippen LogP contribution in [0, 0.1) is 6.92 Å². The Morgan fingerprint density at radius 2 is 2.17 bits per heavy atom. The number of nitrogens with one attached hydrogen (secondary N) is 2. The molecule has 3 aromatic heterocycles. The van der Waals surface area contributed by atoms with E-state index < -0.39 is 5.54 Å². The van der Waals surface area contributed by atoms with Gasteiger partial charge in [-0.25, -0.2) is 4.98 Å². The second-order valence-corrected chi connectivity index (χ2v) is 8.03. The Labute approximate surface area is 170 Å². The number of carbonyl (C=O) groups excluding carboxylic acids is 1. The van der Waals surface area contributed by atoms with Gasteiger partial charge in [-0.1, -0.05) is 6.07 Å². The van der Waals surface area contributed by atoms with Crippen molar-refractivity contribution in [3.63, 3.8) is 0 Å². The van der Waals surface area contributed by atoms with Crippen LogP contribution >= 0.6 is 0 Å². The molecule has 0 saturated carbocycles. The van der Waals surface area contributed by atoms with Crippen LogP contribution in [-0.4, -0.2) is 55.8 Å². The highest BCUT2D eigenvalue weighted by atomic mass is 16.2. The summed E-state index contributed by atoms with van der Waals surface area (Å²) in [5.74, 6) is 0.796. The van der Waals surface area contributed by atoms with E-state index in [4.69, 9.17) is 0 Å². The molecule has 1 saturated heterocycles. The first-order valence-electron chi connectivity index (χ1n) is 9.90. The molecule has 1 aliphatic heterocycles. The molecule has 1 aliphatic rings. The van der Waals surface area contributed by atoms with Crippen molar-refractivity contribution < 1.29 is 4.79 Å². The van der Waals surface area contributed by atoms with Crippen molar-refractivity contribution in [1.82, 2.24) is 34.9 Å². The van der Waals surface area contributed by atoms with Gasteiger partial charge in [-0.2, -0.15) is 0 Å². The van der Waals surface area contributed by atoms with Gasteiger partial charge in [-0.05, 0) is 32.4 Å². The third-order valence-electron chi connectivity index (χ3n) is 5.42. The summed E-state index contributed by atoms with van der Waals surface area (Å²) in [5, 5.41) is 6.55. The molecule has 0 radical (unpaired) electrons. The van der Waals surface area contributed by atoms with Gasteiger partial charge in [-0.15, -0.1) is 0 Å². The summed E-state index contributed by atoms with van der Waals surface area (Å²) in [4.78, 5) is 28.5. The van der Waals surface area contributed by atoms with E-state index in [1.165, 1.54) is 0 Å². The number of pyridine rings is 1. The molecule has 152 valence electrons. The molecule has 4 rings (SSSR count). The van der Waals surface area contributed by atoms with Gasteiger partial charge in [0.1, 0.15) is 11.9 Å². The van der Waals surface area contributed by atoms with Gasteiger partial charge in [0.25, 0.3) is 0 Å². The number of piperazine rings is 1. The standard InChI is InChI=1S/C21H27N7O/c1-15-5-4-9-28-17(15)13-25-20(28)21(2,3)26-19(29)18-12-23-8-10-27(18)14-16-11-22-6-7-24-16/h4-7,9,11,13,18,23H,8,10,12,14H2,1-3H3,(H,26,29)/t18-/m1/s1. The van der Waals surface area contributed by atoms with Crippen LogP contribution in [-0.2, 0) is 16.9 Å². The molecule has 1 fully saturated rings. The van der Waals surface area contributed by atoms with E-state index in [9.17, 15) is 4.79 Å². The summed E-state index contributed by atoms with van der Waals surface area (Å²) >= 11 is 0. The van der Waals surface area contributed by atoms with E-state index in [2.05, 4.69) is 43.5 Å². The lowest BCUT2D eigenvalue weighted by atomic mass is 10.0. The van der Waals surface area contributed by atoms with Gasteiger partial charge in [0.15, 0.2) is 0 Å². The van der Waals surface area contributed by atoms with Crippen molar-refractivity contribution in [2.24, 2.45) is 0 Å². The van der Waals surface area contributed by atoms with E-state index in [-0.39, 0.29) is 11.9 Å². The maximum Gasteiger partial charge on any atom is 0.239 e. The Morgan fingerprint density at radius 3 is 2.97 bits per heavy atom. The number of hydrogen-bond acceptors (Lipinski definition) is 6. The molecule has 0 unspecified atom stereocenters. The maximum atomic E-state index is 13.2. The van der Waals surface area contributed by atoms with Gasteiger partial charge in [0.05, 0.1) is 22.9 Å². The quantitative estimate of drug-likeness (QED) is 0.679. The molecule has 1 amide bonds. The summed E-state index contributed by atoms with van der Waals surface area (Å²) in [6.07, 6.45) is 8.94.